The minimum atomic E-state index is -4.64. The van der Waals surface area contributed by atoms with Gasteiger partial charge in [0.05, 0.1) is 0 Å². The van der Waals surface area contributed by atoms with Crippen molar-refractivity contribution in [3.63, 3.8) is 0 Å². The zero-order valence-electron chi connectivity index (χ0n) is 2.20. The van der Waals surface area contributed by atoms with Gasteiger partial charge in [0.2, 0.25) is 0 Å². The van der Waals surface area contributed by atoms with E-state index in [1.54, 1.807) is 0 Å². The summed E-state index contributed by atoms with van der Waals surface area (Å²) < 4.78 is 8.88. The van der Waals surface area contributed by atoms with Gasteiger partial charge in [-0.15, -0.1) is 0 Å². The molecule has 0 aliphatic heterocycles. The predicted octanol–water partition coefficient (Wildman–Crippen LogP) is -4.21. The van der Waals surface area contributed by atoms with E-state index in [-0.39, 0.29) is 71.8 Å². The molecule has 0 heterocycles. The molecule has 0 spiro atoms. The zero-order valence-corrected chi connectivity index (χ0v) is 3.09. The van der Waals surface area contributed by atoms with Crippen molar-refractivity contribution in [1.82, 2.24) is 0 Å². The van der Waals surface area contributed by atoms with Crippen LogP contribution in [0.4, 0.5) is 0 Å². The van der Waals surface area contributed by atoms with Gasteiger partial charge in [-0.3, -0.25) is 0 Å². The van der Waals surface area contributed by atoms with Gasteiger partial charge in [0, 0.05) is 0 Å². The van der Waals surface area contributed by atoms with Crippen molar-refractivity contribution < 1.29 is 19.2 Å². The maximum absolute atomic E-state index is 8.88. The minimum Gasteiger partial charge on any atom is -0.0149 e. The van der Waals surface area contributed by atoms with Crippen LogP contribution in [0.15, 0.2) is 0 Å². The average Bonchev–Trinajstić information content (AvgIpc) is 0.722. The quantitative estimate of drug-likeness (QED) is 0.272. The molecule has 4 nitrogen and oxygen atoms in total. The molecule has 0 aliphatic rings. The van der Waals surface area contributed by atoms with Crippen LogP contribution in [-0.2, 0) is 4.57 Å². The SMILES string of the molecule is O=P(O)(O)O.[CaH2].[MgH2].[SiH4]. The summed E-state index contributed by atoms with van der Waals surface area (Å²) >= 11 is 0. The fourth-order valence-corrected chi connectivity index (χ4v) is 0. The summed E-state index contributed by atoms with van der Waals surface area (Å²) in [6.45, 7) is 0. The molecule has 48 valence electrons. The standard InChI is InChI=1S/Ca.Mg.H3O4P.H4Si.4H/c;;1-5(2,3)4;;;;;/h;;(H3,1,2,3,4);1H4;;;;. The Balaban J connectivity index is -0.0000000267. The molecule has 8 heavy (non-hydrogen) atoms. The second-order valence-electron chi connectivity index (χ2n) is 0.513. The van der Waals surface area contributed by atoms with Gasteiger partial charge in [-0.2, -0.15) is 0 Å². The largest absolute Gasteiger partial charge is 0.316 e. The second-order valence-corrected chi connectivity index (χ2v) is 1.54. The van der Waals surface area contributed by atoms with Crippen molar-refractivity contribution in [1.29, 1.82) is 0 Å². The van der Waals surface area contributed by atoms with Gasteiger partial charge in [-0.05, 0) is 11.0 Å². The van der Waals surface area contributed by atoms with Crippen molar-refractivity contribution in [3.8, 4) is 0 Å². The molecule has 0 unspecified atom stereocenters. The van der Waals surface area contributed by atoms with E-state index in [0.29, 0.717) is 0 Å². The smallest absolute Gasteiger partial charge is 0.0149 e. The Kier molecular flexibility index (Phi) is 26.2. The fourth-order valence-electron chi connectivity index (χ4n) is 0. The van der Waals surface area contributed by atoms with Crippen LogP contribution in [-0.4, -0.2) is 86.4 Å². The summed E-state index contributed by atoms with van der Waals surface area (Å²) in [7, 11) is -4.64. The van der Waals surface area contributed by atoms with Crippen LogP contribution in [0.5, 0.6) is 0 Å². The predicted molar refractivity (Wildman–Crippen MR) is 42.7 cm³/mol. The van der Waals surface area contributed by atoms with Crippen LogP contribution >= 0.6 is 7.82 Å². The summed E-state index contributed by atoms with van der Waals surface area (Å²) in [5.74, 6) is 0. The molecule has 0 bridgehead atoms. The number of hydrogen-bond acceptors (Lipinski definition) is 1. The third-order valence-corrected chi connectivity index (χ3v) is 0. The number of phosphoric acid groups is 1. The maximum atomic E-state index is 8.88. The molecule has 0 aliphatic carbocycles. The number of rotatable bonds is 0. The minimum absolute atomic E-state index is 0. The Morgan fingerprint density at radius 1 is 1.12 bits per heavy atom. The van der Waals surface area contributed by atoms with Gasteiger partial charge >= 0.3 is 68.6 Å². The molecule has 0 rings (SSSR count). The van der Waals surface area contributed by atoms with Crippen LogP contribution < -0.4 is 0 Å². The van der Waals surface area contributed by atoms with E-state index >= 15 is 0 Å². The molecule has 0 atom stereocenters. The van der Waals surface area contributed by atoms with Gasteiger partial charge in [-0.25, -0.2) is 4.57 Å². The van der Waals surface area contributed by atoms with E-state index in [1.165, 1.54) is 0 Å². The monoisotopic (exact) mass is 198 g/mol. The van der Waals surface area contributed by atoms with Crippen molar-refractivity contribution >= 4 is 79.6 Å². The summed E-state index contributed by atoms with van der Waals surface area (Å²) in [4.78, 5) is 21.6. The summed E-state index contributed by atoms with van der Waals surface area (Å²) in [6.07, 6.45) is 0. The summed E-state index contributed by atoms with van der Waals surface area (Å²) in [5.41, 5.74) is 0. The van der Waals surface area contributed by atoms with Gasteiger partial charge in [0.1, 0.15) is 0 Å². The third kappa shape index (κ3) is 81.6. The first-order valence-electron chi connectivity index (χ1n) is 0.783. The molecule has 0 aromatic carbocycles. The van der Waals surface area contributed by atoms with Gasteiger partial charge < -0.3 is 14.7 Å². The van der Waals surface area contributed by atoms with Gasteiger partial charge in [0.25, 0.3) is 0 Å². The van der Waals surface area contributed by atoms with Crippen molar-refractivity contribution in [3.05, 3.63) is 0 Å². The van der Waals surface area contributed by atoms with E-state index in [4.69, 9.17) is 19.2 Å². The molecular formula is H11CaMgO4PSi. The van der Waals surface area contributed by atoms with Crippen molar-refractivity contribution in [2.45, 2.75) is 0 Å². The molecule has 8 heteroatoms. The first-order chi connectivity index (χ1) is 2.00. The Hall–Kier alpha value is 2.35. The molecule has 0 aromatic heterocycles. The summed E-state index contributed by atoms with van der Waals surface area (Å²) in [6, 6.07) is 0. The summed E-state index contributed by atoms with van der Waals surface area (Å²) in [5, 5.41) is 0. The van der Waals surface area contributed by atoms with E-state index < -0.39 is 7.82 Å². The maximum Gasteiger partial charge on any atom is 0.316 e. The van der Waals surface area contributed by atoms with Crippen LogP contribution in [0.3, 0.4) is 0 Å². The topological polar surface area (TPSA) is 77.8 Å². The van der Waals surface area contributed by atoms with Crippen LogP contribution in [0.25, 0.3) is 0 Å². The first-order valence-corrected chi connectivity index (χ1v) is 2.35. The van der Waals surface area contributed by atoms with Crippen molar-refractivity contribution in [2.75, 3.05) is 0 Å². The van der Waals surface area contributed by atoms with E-state index in [2.05, 4.69) is 0 Å². The van der Waals surface area contributed by atoms with E-state index in [9.17, 15) is 0 Å². The Morgan fingerprint density at radius 2 is 1.12 bits per heavy atom. The molecule has 0 saturated heterocycles. The normalized spacial score (nSPS) is 7.38. The molecule has 0 amide bonds. The second kappa shape index (κ2) is 9.35. The molecule has 0 radical (unpaired) electrons. The Labute approximate surface area is 97.5 Å². The first kappa shape index (κ1) is 22.4. The van der Waals surface area contributed by atoms with E-state index in [1.807, 2.05) is 0 Å². The van der Waals surface area contributed by atoms with E-state index in [0.717, 1.165) is 0 Å². The third-order valence-electron chi connectivity index (χ3n) is 0. The number of hydrogen-bond donors (Lipinski definition) is 3. The van der Waals surface area contributed by atoms with Crippen LogP contribution in [0.1, 0.15) is 0 Å². The zero-order chi connectivity index (χ0) is 4.50. The molecular weight excluding hydrogens is 187 g/mol. The molecule has 0 saturated carbocycles. The molecule has 0 aromatic rings. The van der Waals surface area contributed by atoms with Crippen LogP contribution in [0, 0.1) is 0 Å². The van der Waals surface area contributed by atoms with Gasteiger partial charge in [-0.1, -0.05) is 0 Å². The van der Waals surface area contributed by atoms with Crippen molar-refractivity contribution in [2.24, 2.45) is 0 Å². The average molecular weight is 199 g/mol. The molecule has 3 N–H and O–H groups in total. The Bertz CT molecular complexity index is 62.2. The van der Waals surface area contributed by atoms with Gasteiger partial charge in [0.15, 0.2) is 0 Å². The fraction of sp³-hybridized carbons (Fsp3) is 0. The Morgan fingerprint density at radius 3 is 1.12 bits per heavy atom. The van der Waals surface area contributed by atoms with Crippen LogP contribution in [0.2, 0.25) is 0 Å². The molecule has 0 fully saturated rings.